The number of methoxy groups -OCH3 is 1. The molecule has 0 aromatic rings. The Hall–Kier alpha value is -0.0800. The van der Waals surface area contributed by atoms with Crippen molar-refractivity contribution in [2.75, 3.05) is 7.11 Å². The number of rotatable bonds is 1. The Morgan fingerprint density at radius 1 is 1.36 bits per heavy atom. The van der Waals surface area contributed by atoms with Crippen LogP contribution in [0.25, 0.3) is 0 Å². The zero-order valence-electron chi connectivity index (χ0n) is 7.98. The third kappa shape index (κ3) is 1.09. The van der Waals surface area contributed by atoms with Gasteiger partial charge in [0.15, 0.2) is 0 Å². The lowest BCUT2D eigenvalue weighted by Gasteiger charge is -2.39. The van der Waals surface area contributed by atoms with Gasteiger partial charge in [-0.15, -0.1) is 0 Å². The van der Waals surface area contributed by atoms with Crippen LogP contribution in [0.15, 0.2) is 0 Å². The number of ether oxygens (including phenoxy) is 1. The monoisotopic (exact) mass is 157 g/mol. The molecule has 1 rings (SSSR count). The van der Waals surface area contributed by atoms with Crippen LogP contribution in [-0.2, 0) is 4.74 Å². The zero-order chi connectivity index (χ0) is 8.70. The molecule has 0 bridgehead atoms. The summed E-state index contributed by atoms with van der Waals surface area (Å²) in [6.07, 6.45) is 2.16. The molecule has 1 fully saturated rings. The van der Waals surface area contributed by atoms with E-state index in [9.17, 15) is 0 Å². The second kappa shape index (κ2) is 2.46. The van der Waals surface area contributed by atoms with Gasteiger partial charge in [-0.1, -0.05) is 13.8 Å². The van der Waals surface area contributed by atoms with Crippen molar-refractivity contribution in [3.05, 3.63) is 0 Å². The van der Waals surface area contributed by atoms with Crippen molar-refractivity contribution in [1.82, 2.24) is 0 Å². The maximum Gasteiger partial charge on any atom is 0.0716 e. The van der Waals surface area contributed by atoms with Gasteiger partial charge in [-0.2, -0.15) is 0 Å². The highest BCUT2D eigenvalue weighted by molar-refractivity contribution is 5.04. The van der Waals surface area contributed by atoms with Crippen LogP contribution in [0.4, 0.5) is 0 Å². The first-order chi connectivity index (χ1) is 4.94. The Morgan fingerprint density at radius 3 is 2.09 bits per heavy atom. The van der Waals surface area contributed by atoms with Crippen molar-refractivity contribution >= 4 is 0 Å². The molecule has 0 aliphatic heterocycles. The Balaban J connectivity index is 2.86. The van der Waals surface area contributed by atoms with Crippen LogP contribution in [0.5, 0.6) is 0 Å². The average Bonchev–Trinajstić information content (AvgIpc) is 2.15. The lowest BCUT2D eigenvalue weighted by atomic mass is 9.77. The summed E-state index contributed by atoms with van der Waals surface area (Å²) in [5.74, 6) is 0. The van der Waals surface area contributed by atoms with E-state index in [4.69, 9.17) is 10.5 Å². The minimum absolute atomic E-state index is 0.0214. The van der Waals surface area contributed by atoms with E-state index < -0.39 is 0 Å². The second-order valence-corrected chi connectivity index (χ2v) is 4.30. The summed E-state index contributed by atoms with van der Waals surface area (Å²) in [6, 6.07) is 0.285. The van der Waals surface area contributed by atoms with Gasteiger partial charge in [0.25, 0.3) is 0 Å². The van der Waals surface area contributed by atoms with Crippen molar-refractivity contribution in [2.24, 2.45) is 11.1 Å². The smallest absolute Gasteiger partial charge is 0.0716 e. The van der Waals surface area contributed by atoms with Gasteiger partial charge < -0.3 is 10.5 Å². The highest BCUT2D eigenvalue weighted by Crippen LogP contribution is 2.46. The fourth-order valence-electron chi connectivity index (χ4n) is 1.87. The molecule has 0 saturated heterocycles. The van der Waals surface area contributed by atoms with Crippen LogP contribution in [-0.4, -0.2) is 18.8 Å². The molecule has 1 aliphatic rings. The topological polar surface area (TPSA) is 35.2 Å². The molecule has 0 radical (unpaired) electrons. The van der Waals surface area contributed by atoms with E-state index in [0.29, 0.717) is 0 Å². The van der Waals surface area contributed by atoms with Crippen LogP contribution < -0.4 is 5.73 Å². The van der Waals surface area contributed by atoms with E-state index in [-0.39, 0.29) is 17.1 Å². The molecule has 1 aliphatic carbocycles. The summed E-state index contributed by atoms with van der Waals surface area (Å²) in [5, 5.41) is 0. The third-order valence-electron chi connectivity index (χ3n) is 3.67. The van der Waals surface area contributed by atoms with Gasteiger partial charge in [0, 0.05) is 18.6 Å². The zero-order valence-corrected chi connectivity index (χ0v) is 7.98. The van der Waals surface area contributed by atoms with Gasteiger partial charge in [0.2, 0.25) is 0 Å². The van der Waals surface area contributed by atoms with Gasteiger partial charge >= 0.3 is 0 Å². The molecule has 11 heavy (non-hydrogen) atoms. The highest BCUT2D eigenvalue weighted by Gasteiger charge is 2.50. The molecule has 0 spiro atoms. The molecule has 2 N–H and O–H groups in total. The minimum atomic E-state index is -0.0214. The van der Waals surface area contributed by atoms with Crippen molar-refractivity contribution < 1.29 is 4.74 Å². The Kier molecular flexibility index (Phi) is 2.01. The molecular formula is C9H19NO. The largest absolute Gasteiger partial charge is 0.378 e. The standard InChI is InChI=1S/C9H19NO/c1-8(2)7(10)5-6-9(8,3)11-4/h7H,5-6,10H2,1-4H3/t7-,9-/m1/s1. The summed E-state index contributed by atoms with van der Waals surface area (Å²) in [7, 11) is 1.78. The van der Waals surface area contributed by atoms with Crippen LogP contribution in [0.3, 0.4) is 0 Å². The van der Waals surface area contributed by atoms with Crippen molar-refractivity contribution in [2.45, 2.75) is 45.3 Å². The van der Waals surface area contributed by atoms with Crippen LogP contribution in [0, 0.1) is 5.41 Å². The Labute approximate surface area is 69.1 Å². The predicted molar refractivity (Wildman–Crippen MR) is 46.4 cm³/mol. The van der Waals surface area contributed by atoms with Gasteiger partial charge in [-0.3, -0.25) is 0 Å². The number of hydrogen-bond acceptors (Lipinski definition) is 2. The van der Waals surface area contributed by atoms with E-state index >= 15 is 0 Å². The summed E-state index contributed by atoms with van der Waals surface area (Å²) in [6.45, 7) is 6.53. The molecule has 0 aromatic carbocycles. The normalized spacial score (nSPS) is 42.8. The van der Waals surface area contributed by atoms with Gasteiger partial charge in [0.05, 0.1) is 5.60 Å². The molecule has 2 atom stereocenters. The summed E-state index contributed by atoms with van der Waals surface area (Å²) in [5.41, 5.74) is 6.08. The molecule has 1 saturated carbocycles. The third-order valence-corrected chi connectivity index (χ3v) is 3.67. The summed E-state index contributed by atoms with van der Waals surface area (Å²) < 4.78 is 5.50. The molecular weight excluding hydrogens is 138 g/mol. The fourth-order valence-corrected chi connectivity index (χ4v) is 1.87. The highest BCUT2D eigenvalue weighted by atomic mass is 16.5. The number of hydrogen-bond donors (Lipinski definition) is 1. The minimum Gasteiger partial charge on any atom is -0.378 e. The van der Waals surface area contributed by atoms with Crippen LogP contribution >= 0.6 is 0 Å². The molecule has 0 amide bonds. The van der Waals surface area contributed by atoms with Crippen molar-refractivity contribution in [1.29, 1.82) is 0 Å². The Bertz CT molecular complexity index is 153. The first-order valence-electron chi connectivity index (χ1n) is 4.25. The molecule has 66 valence electrons. The molecule has 0 aromatic heterocycles. The fraction of sp³-hybridized carbons (Fsp3) is 1.00. The lowest BCUT2D eigenvalue weighted by Crippen LogP contribution is -2.46. The SMILES string of the molecule is CO[C@]1(C)CC[C@@H](N)C1(C)C. The van der Waals surface area contributed by atoms with Crippen LogP contribution in [0.2, 0.25) is 0 Å². The molecule has 2 heteroatoms. The summed E-state index contributed by atoms with van der Waals surface area (Å²) in [4.78, 5) is 0. The average molecular weight is 157 g/mol. The van der Waals surface area contributed by atoms with E-state index in [1.807, 2.05) is 0 Å². The first-order valence-corrected chi connectivity index (χ1v) is 4.25. The van der Waals surface area contributed by atoms with Gasteiger partial charge in [0.1, 0.15) is 0 Å². The van der Waals surface area contributed by atoms with Crippen molar-refractivity contribution in [3.8, 4) is 0 Å². The number of nitrogens with two attached hydrogens (primary N) is 1. The summed E-state index contributed by atoms with van der Waals surface area (Å²) >= 11 is 0. The predicted octanol–water partition coefficient (Wildman–Crippen LogP) is 1.54. The second-order valence-electron chi connectivity index (χ2n) is 4.30. The molecule has 2 nitrogen and oxygen atoms in total. The Morgan fingerprint density at radius 2 is 1.91 bits per heavy atom. The van der Waals surface area contributed by atoms with E-state index in [0.717, 1.165) is 12.8 Å². The van der Waals surface area contributed by atoms with Crippen molar-refractivity contribution in [3.63, 3.8) is 0 Å². The molecule has 0 unspecified atom stereocenters. The van der Waals surface area contributed by atoms with E-state index in [1.54, 1.807) is 7.11 Å². The first kappa shape index (κ1) is 9.01. The molecule has 0 heterocycles. The van der Waals surface area contributed by atoms with Gasteiger partial charge in [-0.05, 0) is 19.8 Å². The van der Waals surface area contributed by atoms with Gasteiger partial charge in [-0.25, -0.2) is 0 Å². The maximum absolute atomic E-state index is 5.98. The lowest BCUT2D eigenvalue weighted by molar-refractivity contribution is -0.0675. The quantitative estimate of drug-likeness (QED) is 0.626. The van der Waals surface area contributed by atoms with E-state index in [1.165, 1.54) is 0 Å². The van der Waals surface area contributed by atoms with Crippen LogP contribution in [0.1, 0.15) is 33.6 Å². The maximum atomic E-state index is 5.98. The van der Waals surface area contributed by atoms with E-state index in [2.05, 4.69) is 20.8 Å².